The van der Waals surface area contributed by atoms with Crippen LogP contribution in [0.3, 0.4) is 0 Å². The maximum atomic E-state index is 11.0. The first-order valence-electron chi connectivity index (χ1n) is 4.38. The molecule has 16 heavy (non-hydrogen) atoms. The van der Waals surface area contributed by atoms with Gasteiger partial charge in [-0.1, -0.05) is 0 Å². The summed E-state index contributed by atoms with van der Waals surface area (Å²) in [7, 11) is -0.732. The SMILES string of the molecule is COc1cc(OC)c(CS(N)(=O)=O)cc1N. The quantitative estimate of drug-likeness (QED) is 0.732. The van der Waals surface area contributed by atoms with Gasteiger partial charge in [-0.3, -0.25) is 0 Å². The molecule has 1 aromatic carbocycles. The van der Waals surface area contributed by atoms with Crippen molar-refractivity contribution < 1.29 is 17.9 Å². The average molecular weight is 246 g/mol. The number of hydrogen-bond donors (Lipinski definition) is 2. The predicted molar refractivity (Wildman–Crippen MR) is 60.8 cm³/mol. The summed E-state index contributed by atoms with van der Waals surface area (Å²) in [5.74, 6) is 0.472. The smallest absolute Gasteiger partial charge is 0.213 e. The van der Waals surface area contributed by atoms with Gasteiger partial charge in [-0.2, -0.15) is 0 Å². The normalized spacial score (nSPS) is 11.2. The first kappa shape index (κ1) is 12.6. The molecule has 0 aromatic heterocycles. The van der Waals surface area contributed by atoms with Crippen molar-refractivity contribution >= 4 is 15.7 Å². The molecule has 0 spiro atoms. The molecule has 0 saturated carbocycles. The number of anilines is 1. The van der Waals surface area contributed by atoms with Crippen LogP contribution in [0.15, 0.2) is 12.1 Å². The van der Waals surface area contributed by atoms with Gasteiger partial charge in [0.25, 0.3) is 0 Å². The first-order valence-corrected chi connectivity index (χ1v) is 6.09. The number of benzene rings is 1. The Balaban J connectivity index is 3.23. The molecule has 0 saturated heterocycles. The molecule has 0 radical (unpaired) electrons. The minimum atomic E-state index is -3.62. The number of sulfonamides is 1. The number of hydrogen-bond acceptors (Lipinski definition) is 5. The molecular weight excluding hydrogens is 232 g/mol. The van der Waals surface area contributed by atoms with Crippen molar-refractivity contribution in [1.82, 2.24) is 0 Å². The summed E-state index contributed by atoms with van der Waals surface area (Å²) in [5.41, 5.74) is 6.40. The average Bonchev–Trinajstić information content (AvgIpc) is 2.16. The lowest BCUT2D eigenvalue weighted by atomic mass is 10.2. The van der Waals surface area contributed by atoms with Gasteiger partial charge in [-0.05, 0) is 6.07 Å². The molecule has 0 aliphatic rings. The summed E-state index contributed by atoms with van der Waals surface area (Å²) in [6.45, 7) is 0. The zero-order valence-corrected chi connectivity index (χ0v) is 9.87. The second-order valence-corrected chi connectivity index (χ2v) is 4.83. The van der Waals surface area contributed by atoms with E-state index in [4.69, 9.17) is 20.3 Å². The highest BCUT2D eigenvalue weighted by molar-refractivity contribution is 7.88. The van der Waals surface area contributed by atoms with Crippen LogP contribution in [-0.2, 0) is 15.8 Å². The zero-order chi connectivity index (χ0) is 12.3. The Morgan fingerprint density at radius 2 is 1.75 bits per heavy atom. The lowest BCUT2D eigenvalue weighted by Crippen LogP contribution is -2.15. The van der Waals surface area contributed by atoms with Gasteiger partial charge in [0.2, 0.25) is 10.0 Å². The summed E-state index contributed by atoms with van der Waals surface area (Å²) in [5, 5.41) is 4.96. The number of rotatable bonds is 4. The minimum Gasteiger partial charge on any atom is -0.496 e. The molecule has 0 aliphatic heterocycles. The van der Waals surface area contributed by atoms with Crippen molar-refractivity contribution in [1.29, 1.82) is 0 Å². The molecular formula is C9H14N2O4S. The van der Waals surface area contributed by atoms with Crippen LogP contribution in [0.25, 0.3) is 0 Å². The molecule has 0 bridgehead atoms. The van der Waals surface area contributed by atoms with Crippen LogP contribution < -0.4 is 20.3 Å². The second-order valence-electron chi connectivity index (χ2n) is 3.21. The summed E-state index contributed by atoms with van der Waals surface area (Å²) < 4.78 is 32.0. The van der Waals surface area contributed by atoms with Crippen LogP contribution in [0.2, 0.25) is 0 Å². The lowest BCUT2D eigenvalue weighted by molar-refractivity contribution is 0.393. The Morgan fingerprint density at radius 1 is 1.19 bits per heavy atom. The van der Waals surface area contributed by atoms with E-state index in [0.29, 0.717) is 22.7 Å². The first-order chi connectivity index (χ1) is 7.37. The van der Waals surface area contributed by atoms with E-state index in [9.17, 15) is 8.42 Å². The monoisotopic (exact) mass is 246 g/mol. The molecule has 0 heterocycles. The standard InChI is InChI=1S/C9H14N2O4S/c1-14-8-4-9(15-2)7(10)3-6(8)5-16(11,12)13/h3-4H,5,10H2,1-2H3,(H2,11,12,13). The summed E-state index contributed by atoms with van der Waals surface area (Å²) in [6, 6.07) is 3.00. The fraction of sp³-hybridized carbons (Fsp3) is 0.333. The van der Waals surface area contributed by atoms with E-state index in [0.717, 1.165) is 0 Å². The minimum absolute atomic E-state index is 0.329. The summed E-state index contributed by atoms with van der Waals surface area (Å²) in [4.78, 5) is 0. The number of primary sulfonamides is 1. The summed E-state index contributed by atoms with van der Waals surface area (Å²) in [6.07, 6.45) is 0. The topological polar surface area (TPSA) is 105 Å². The van der Waals surface area contributed by atoms with Gasteiger partial charge >= 0.3 is 0 Å². The molecule has 90 valence electrons. The van der Waals surface area contributed by atoms with Crippen molar-refractivity contribution in [2.24, 2.45) is 5.14 Å². The molecule has 0 fully saturated rings. The highest BCUT2D eigenvalue weighted by atomic mass is 32.2. The highest BCUT2D eigenvalue weighted by Crippen LogP contribution is 2.31. The third-order valence-electron chi connectivity index (χ3n) is 1.99. The van der Waals surface area contributed by atoms with E-state index in [-0.39, 0.29) is 5.75 Å². The molecule has 6 nitrogen and oxygen atoms in total. The largest absolute Gasteiger partial charge is 0.496 e. The summed E-state index contributed by atoms with van der Waals surface area (Å²) >= 11 is 0. The van der Waals surface area contributed by atoms with Gasteiger partial charge < -0.3 is 15.2 Å². The van der Waals surface area contributed by atoms with Crippen molar-refractivity contribution in [3.8, 4) is 11.5 Å². The Bertz CT molecular complexity index is 485. The van der Waals surface area contributed by atoms with Gasteiger partial charge in [0.05, 0.1) is 25.7 Å². The number of methoxy groups -OCH3 is 2. The number of nitrogen functional groups attached to an aromatic ring is 1. The predicted octanol–water partition coefficient (Wildman–Crippen LogP) is 0.0745. The Morgan fingerprint density at radius 3 is 2.19 bits per heavy atom. The lowest BCUT2D eigenvalue weighted by Gasteiger charge is -2.11. The van der Waals surface area contributed by atoms with Crippen LogP contribution in [0, 0.1) is 0 Å². The molecule has 7 heteroatoms. The Labute approximate surface area is 94.2 Å². The molecule has 0 unspecified atom stereocenters. The molecule has 1 aromatic rings. The van der Waals surface area contributed by atoms with Gasteiger partial charge in [-0.15, -0.1) is 0 Å². The maximum absolute atomic E-state index is 11.0. The molecule has 1 rings (SSSR count). The van der Waals surface area contributed by atoms with E-state index >= 15 is 0 Å². The maximum Gasteiger partial charge on any atom is 0.213 e. The third-order valence-corrected chi connectivity index (χ3v) is 2.70. The van der Waals surface area contributed by atoms with Crippen molar-refractivity contribution in [2.75, 3.05) is 20.0 Å². The van der Waals surface area contributed by atoms with Crippen LogP contribution in [0.4, 0.5) is 5.69 Å². The van der Waals surface area contributed by atoms with Gasteiger partial charge in [0.1, 0.15) is 11.5 Å². The van der Waals surface area contributed by atoms with E-state index in [1.165, 1.54) is 26.4 Å². The van der Waals surface area contributed by atoms with Crippen LogP contribution in [-0.4, -0.2) is 22.6 Å². The fourth-order valence-electron chi connectivity index (χ4n) is 1.32. The van der Waals surface area contributed by atoms with E-state index < -0.39 is 10.0 Å². The van der Waals surface area contributed by atoms with Gasteiger partial charge in [-0.25, -0.2) is 13.6 Å². The number of ether oxygens (including phenoxy) is 2. The van der Waals surface area contributed by atoms with E-state index in [1.807, 2.05) is 0 Å². The molecule has 4 N–H and O–H groups in total. The highest BCUT2D eigenvalue weighted by Gasteiger charge is 2.13. The third kappa shape index (κ3) is 3.01. The van der Waals surface area contributed by atoms with E-state index in [2.05, 4.69) is 0 Å². The van der Waals surface area contributed by atoms with Crippen molar-refractivity contribution in [2.45, 2.75) is 5.75 Å². The van der Waals surface area contributed by atoms with Gasteiger partial charge in [0, 0.05) is 11.6 Å². The fourth-order valence-corrected chi connectivity index (χ4v) is 1.98. The van der Waals surface area contributed by atoms with Crippen molar-refractivity contribution in [3.63, 3.8) is 0 Å². The Kier molecular flexibility index (Phi) is 3.61. The molecule has 0 amide bonds. The van der Waals surface area contributed by atoms with Crippen LogP contribution in [0.5, 0.6) is 11.5 Å². The number of nitrogens with two attached hydrogens (primary N) is 2. The Hall–Kier alpha value is -1.47. The molecule has 0 atom stereocenters. The zero-order valence-electron chi connectivity index (χ0n) is 9.06. The molecule has 0 aliphatic carbocycles. The van der Waals surface area contributed by atoms with E-state index in [1.54, 1.807) is 0 Å². The van der Waals surface area contributed by atoms with Crippen molar-refractivity contribution in [3.05, 3.63) is 17.7 Å². The van der Waals surface area contributed by atoms with Crippen LogP contribution in [0.1, 0.15) is 5.56 Å². The van der Waals surface area contributed by atoms with Gasteiger partial charge in [0.15, 0.2) is 0 Å². The second kappa shape index (κ2) is 4.58. The van der Waals surface area contributed by atoms with Crippen LogP contribution >= 0.6 is 0 Å².